The summed E-state index contributed by atoms with van der Waals surface area (Å²) in [5.41, 5.74) is 1.11. The normalized spacial score (nSPS) is 24.7. The van der Waals surface area contributed by atoms with Gasteiger partial charge in [0.05, 0.1) is 6.10 Å². The molecule has 1 fully saturated rings. The highest BCUT2D eigenvalue weighted by atomic mass is 35.5. The van der Waals surface area contributed by atoms with Crippen LogP contribution in [0.15, 0.2) is 18.2 Å². The first-order valence-electron chi connectivity index (χ1n) is 5.32. The molecular weight excluding hydrogens is 212 g/mol. The monoisotopic (exact) mass is 226 g/mol. The van der Waals surface area contributed by atoms with E-state index < -0.39 is 0 Å². The van der Waals surface area contributed by atoms with E-state index in [0.717, 1.165) is 35.6 Å². The Morgan fingerprint density at radius 1 is 1.47 bits per heavy atom. The Labute approximate surface area is 94.8 Å². The van der Waals surface area contributed by atoms with Gasteiger partial charge < -0.3 is 9.84 Å². The molecule has 1 saturated carbocycles. The molecule has 0 spiro atoms. The van der Waals surface area contributed by atoms with Gasteiger partial charge in [0.2, 0.25) is 0 Å². The van der Waals surface area contributed by atoms with Gasteiger partial charge in [0.15, 0.2) is 0 Å². The van der Waals surface area contributed by atoms with Crippen molar-refractivity contribution in [1.29, 1.82) is 0 Å². The zero-order valence-electron chi connectivity index (χ0n) is 8.74. The Morgan fingerprint density at radius 3 is 2.80 bits per heavy atom. The van der Waals surface area contributed by atoms with Gasteiger partial charge in [-0.2, -0.15) is 0 Å². The van der Waals surface area contributed by atoms with Gasteiger partial charge in [-0.05, 0) is 30.2 Å². The van der Waals surface area contributed by atoms with Crippen molar-refractivity contribution in [2.24, 2.45) is 0 Å². The summed E-state index contributed by atoms with van der Waals surface area (Å²) in [6.07, 6.45) is 2.39. The van der Waals surface area contributed by atoms with Crippen LogP contribution in [0.3, 0.4) is 0 Å². The van der Waals surface area contributed by atoms with Crippen molar-refractivity contribution in [3.63, 3.8) is 0 Å². The van der Waals surface area contributed by atoms with Crippen LogP contribution in [0.1, 0.15) is 25.3 Å². The summed E-state index contributed by atoms with van der Waals surface area (Å²) in [6, 6.07) is 5.73. The van der Waals surface area contributed by atoms with E-state index >= 15 is 0 Å². The van der Waals surface area contributed by atoms with Crippen LogP contribution in [-0.2, 0) is 6.42 Å². The SMILES string of the molecule is CCc1cc(OC2CC(O)C2)ccc1Cl. The molecule has 0 aliphatic heterocycles. The second kappa shape index (κ2) is 4.42. The number of benzene rings is 1. The summed E-state index contributed by atoms with van der Waals surface area (Å²) in [6.45, 7) is 2.07. The van der Waals surface area contributed by atoms with Crippen molar-refractivity contribution in [3.8, 4) is 5.75 Å². The van der Waals surface area contributed by atoms with Crippen molar-refractivity contribution >= 4 is 11.6 Å². The third-order valence-electron chi connectivity index (χ3n) is 2.77. The summed E-state index contributed by atoms with van der Waals surface area (Å²) in [4.78, 5) is 0. The van der Waals surface area contributed by atoms with Crippen molar-refractivity contribution in [2.75, 3.05) is 0 Å². The van der Waals surface area contributed by atoms with Crippen molar-refractivity contribution < 1.29 is 9.84 Å². The van der Waals surface area contributed by atoms with Crippen LogP contribution in [0.2, 0.25) is 5.02 Å². The maximum Gasteiger partial charge on any atom is 0.120 e. The molecule has 1 aliphatic carbocycles. The molecule has 1 aliphatic rings. The van der Waals surface area contributed by atoms with Gasteiger partial charge in [-0.3, -0.25) is 0 Å². The number of rotatable bonds is 3. The standard InChI is InChI=1S/C12H15ClO2/c1-2-8-5-10(3-4-12(8)13)15-11-6-9(14)7-11/h3-5,9,11,14H,2,6-7H2,1H3. The number of halogens is 1. The van der Waals surface area contributed by atoms with E-state index in [9.17, 15) is 0 Å². The summed E-state index contributed by atoms with van der Waals surface area (Å²) in [5.74, 6) is 0.855. The second-order valence-electron chi connectivity index (χ2n) is 3.97. The Balaban J connectivity index is 2.02. The smallest absolute Gasteiger partial charge is 0.120 e. The highest BCUT2D eigenvalue weighted by molar-refractivity contribution is 6.31. The Morgan fingerprint density at radius 2 is 2.20 bits per heavy atom. The van der Waals surface area contributed by atoms with E-state index in [2.05, 4.69) is 6.92 Å². The Bertz CT molecular complexity index is 345. The Kier molecular flexibility index (Phi) is 3.17. The number of hydrogen-bond acceptors (Lipinski definition) is 2. The minimum absolute atomic E-state index is 0.172. The number of aliphatic hydroxyl groups is 1. The molecule has 0 aromatic heterocycles. The quantitative estimate of drug-likeness (QED) is 0.859. The molecule has 1 N–H and O–H groups in total. The van der Waals surface area contributed by atoms with E-state index in [4.69, 9.17) is 21.4 Å². The second-order valence-corrected chi connectivity index (χ2v) is 4.38. The fraction of sp³-hybridized carbons (Fsp3) is 0.500. The lowest BCUT2D eigenvalue weighted by Crippen LogP contribution is -2.37. The number of aliphatic hydroxyl groups excluding tert-OH is 1. The minimum Gasteiger partial charge on any atom is -0.490 e. The average Bonchev–Trinajstić information content (AvgIpc) is 2.18. The number of aryl methyl sites for hydroxylation is 1. The van der Waals surface area contributed by atoms with Gasteiger partial charge in [-0.15, -0.1) is 0 Å². The van der Waals surface area contributed by atoms with Gasteiger partial charge in [0, 0.05) is 17.9 Å². The van der Waals surface area contributed by atoms with Crippen molar-refractivity contribution in [2.45, 2.75) is 38.4 Å². The lowest BCUT2D eigenvalue weighted by molar-refractivity contribution is -0.0108. The van der Waals surface area contributed by atoms with Crippen LogP contribution in [0.4, 0.5) is 0 Å². The third kappa shape index (κ3) is 2.44. The van der Waals surface area contributed by atoms with E-state index in [-0.39, 0.29) is 12.2 Å². The average molecular weight is 227 g/mol. The van der Waals surface area contributed by atoms with Crippen molar-refractivity contribution in [3.05, 3.63) is 28.8 Å². The lowest BCUT2D eigenvalue weighted by atomic mass is 9.92. The predicted octanol–water partition coefficient (Wildman–Crippen LogP) is 2.80. The summed E-state index contributed by atoms with van der Waals surface area (Å²) >= 11 is 6.01. The molecule has 0 heterocycles. The van der Waals surface area contributed by atoms with Crippen LogP contribution in [-0.4, -0.2) is 17.3 Å². The van der Waals surface area contributed by atoms with Gasteiger partial charge in [-0.1, -0.05) is 18.5 Å². The highest BCUT2D eigenvalue weighted by Crippen LogP contribution is 2.28. The van der Waals surface area contributed by atoms with E-state index in [1.165, 1.54) is 0 Å². The zero-order valence-corrected chi connectivity index (χ0v) is 9.50. The maximum atomic E-state index is 9.14. The fourth-order valence-electron chi connectivity index (χ4n) is 1.72. The fourth-order valence-corrected chi connectivity index (χ4v) is 1.97. The van der Waals surface area contributed by atoms with E-state index in [1.54, 1.807) is 0 Å². The number of hydrogen-bond donors (Lipinski definition) is 1. The molecule has 0 radical (unpaired) electrons. The van der Waals surface area contributed by atoms with Crippen molar-refractivity contribution in [1.82, 2.24) is 0 Å². The first-order valence-corrected chi connectivity index (χ1v) is 5.70. The first-order chi connectivity index (χ1) is 7.19. The molecule has 3 heteroatoms. The molecule has 2 rings (SSSR count). The summed E-state index contributed by atoms with van der Waals surface area (Å²) in [5, 5.41) is 9.93. The molecule has 1 aromatic rings. The molecule has 0 saturated heterocycles. The highest BCUT2D eigenvalue weighted by Gasteiger charge is 2.28. The molecule has 82 valence electrons. The third-order valence-corrected chi connectivity index (χ3v) is 3.14. The molecule has 15 heavy (non-hydrogen) atoms. The lowest BCUT2D eigenvalue weighted by Gasteiger charge is -2.31. The van der Waals surface area contributed by atoms with Crippen LogP contribution >= 0.6 is 11.6 Å². The van der Waals surface area contributed by atoms with E-state index in [1.807, 2.05) is 18.2 Å². The van der Waals surface area contributed by atoms with E-state index in [0.29, 0.717) is 0 Å². The summed E-state index contributed by atoms with van der Waals surface area (Å²) in [7, 11) is 0. The predicted molar refractivity (Wildman–Crippen MR) is 60.5 cm³/mol. The molecule has 0 bridgehead atoms. The Hall–Kier alpha value is -0.730. The van der Waals surface area contributed by atoms with Crippen LogP contribution in [0, 0.1) is 0 Å². The van der Waals surface area contributed by atoms with Crippen LogP contribution in [0.25, 0.3) is 0 Å². The molecule has 2 nitrogen and oxygen atoms in total. The van der Waals surface area contributed by atoms with Gasteiger partial charge in [0.1, 0.15) is 11.9 Å². The summed E-state index contributed by atoms with van der Waals surface area (Å²) < 4.78 is 5.70. The minimum atomic E-state index is -0.173. The van der Waals surface area contributed by atoms with Crippen LogP contribution < -0.4 is 4.74 Å². The first kappa shape index (κ1) is 10.8. The van der Waals surface area contributed by atoms with Gasteiger partial charge in [0.25, 0.3) is 0 Å². The molecule has 0 atom stereocenters. The zero-order chi connectivity index (χ0) is 10.8. The number of ether oxygens (including phenoxy) is 1. The maximum absolute atomic E-state index is 9.14. The molecular formula is C12H15ClO2. The molecule has 0 amide bonds. The molecule has 0 unspecified atom stereocenters. The van der Waals surface area contributed by atoms with Gasteiger partial charge in [-0.25, -0.2) is 0 Å². The molecule has 1 aromatic carbocycles. The van der Waals surface area contributed by atoms with Crippen LogP contribution in [0.5, 0.6) is 5.75 Å². The topological polar surface area (TPSA) is 29.5 Å². The van der Waals surface area contributed by atoms with Gasteiger partial charge >= 0.3 is 0 Å². The largest absolute Gasteiger partial charge is 0.490 e.